The molecule has 0 radical (unpaired) electrons. The molecule has 0 aliphatic carbocycles. The second kappa shape index (κ2) is 11.5. The predicted octanol–water partition coefficient (Wildman–Crippen LogP) is 5.10. The van der Waals surface area contributed by atoms with Crippen LogP contribution in [-0.4, -0.2) is 31.4 Å². The van der Waals surface area contributed by atoms with E-state index in [1.54, 1.807) is 49.4 Å². The molecule has 37 heavy (non-hydrogen) atoms. The van der Waals surface area contributed by atoms with Gasteiger partial charge in [0.25, 0.3) is 5.56 Å². The molecule has 4 aromatic rings. The molecule has 2 aromatic carbocycles. The lowest BCUT2D eigenvalue weighted by molar-refractivity contribution is -0.118. The molecule has 0 bridgehead atoms. The van der Waals surface area contributed by atoms with Gasteiger partial charge >= 0.3 is 5.97 Å². The highest BCUT2D eigenvalue weighted by atomic mass is 35.5. The number of ketones is 1. The van der Waals surface area contributed by atoms with Gasteiger partial charge in [-0.25, -0.2) is 14.8 Å². The van der Waals surface area contributed by atoms with E-state index in [1.807, 2.05) is 12.1 Å². The summed E-state index contributed by atoms with van der Waals surface area (Å²) >= 11 is 6.00. The molecule has 0 unspecified atom stereocenters. The summed E-state index contributed by atoms with van der Waals surface area (Å²) in [6, 6.07) is 16.9. The van der Waals surface area contributed by atoms with E-state index in [-0.39, 0.29) is 30.0 Å². The van der Waals surface area contributed by atoms with E-state index < -0.39 is 5.97 Å². The third kappa shape index (κ3) is 6.59. The molecule has 9 nitrogen and oxygen atoms in total. The normalized spacial score (nSPS) is 10.6. The zero-order valence-electron chi connectivity index (χ0n) is 19.8. The Hall–Kier alpha value is -4.50. The topological polar surface area (TPSA) is 123 Å². The minimum atomic E-state index is -1.15. The number of nitrogens with one attached hydrogen (secondary N) is 1. The molecule has 0 atom stereocenters. The monoisotopic (exact) mass is 518 g/mol. The van der Waals surface area contributed by atoms with Crippen molar-refractivity contribution in [3.05, 3.63) is 105 Å². The minimum Gasteiger partial charge on any atom is -0.477 e. The first-order valence-electron chi connectivity index (χ1n) is 11.4. The number of aromatic carboxylic acids is 1. The van der Waals surface area contributed by atoms with E-state index in [9.17, 15) is 14.4 Å². The standard InChI is InChI=1S/C27H23ClN4O5/c1-2-21(33)13-18-15-30-27(32(25(18)34)16-17-3-5-19(28)6-4-17)31-20-7-9-22(10-8-20)37-23-11-12-29-24(14-23)26(35)36/h3-12,14-15H,2,13,16H2,1H3,(H,30,31)(H,35,36). The van der Waals surface area contributed by atoms with Gasteiger partial charge in [0, 0.05) is 47.6 Å². The van der Waals surface area contributed by atoms with E-state index in [0.717, 1.165) is 5.56 Å². The van der Waals surface area contributed by atoms with Crippen molar-refractivity contribution in [1.82, 2.24) is 14.5 Å². The van der Waals surface area contributed by atoms with Crippen LogP contribution in [0.4, 0.5) is 11.6 Å². The number of halogens is 1. The molecule has 0 aliphatic heterocycles. The van der Waals surface area contributed by atoms with E-state index in [0.29, 0.717) is 40.1 Å². The van der Waals surface area contributed by atoms with Crippen molar-refractivity contribution < 1.29 is 19.4 Å². The number of hydrogen-bond donors (Lipinski definition) is 2. The molecule has 188 valence electrons. The fraction of sp³-hybridized carbons (Fsp3) is 0.148. The number of ether oxygens (including phenoxy) is 1. The zero-order valence-corrected chi connectivity index (χ0v) is 20.6. The summed E-state index contributed by atoms with van der Waals surface area (Å²) in [5, 5.41) is 12.8. The lowest BCUT2D eigenvalue weighted by Gasteiger charge is -2.15. The Bertz CT molecular complexity index is 1480. The van der Waals surface area contributed by atoms with Gasteiger partial charge < -0.3 is 15.2 Å². The lowest BCUT2D eigenvalue weighted by Crippen LogP contribution is -2.28. The maximum absolute atomic E-state index is 13.3. The second-order valence-electron chi connectivity index (χ2n) is 8.13. The summed E-state index contributed by atoms with van der Waals surface area (Å²) in [6.45, 7) is 1.99. The highest BCUT2D eigenvalue weighted by molar-refractivity contribution is 6.30. The number of carbonyl (C=O) groups excluding carboxylic acids is 1. The Labute approximate surface area is 217 Å². The molecule has 0 amide bonds. The molecule has 2 heterocycles. The Kier molecular flexibility index (Phi) is 7.95. The molecule has 0 fully saturated rings. The van der Waals surface area contributed by atoms with Crippen molar-refractivity contribution >= 4 is 35.0 Å². The van der Waals surface area contributed by atoms with Crippen molar-refractivity contribution in [2.45, 2.75) is 26.3 Å². The molecule has 4 rings (SSSR count). The molecule has 0 aliphatic rings. The zero-order chi connectivity index (χ0) is 26.4. The van der Waals surface area contributed by atoms with Crippen molar-refractivity contribution in [2.75, 3.05) is 5.32 Å². The van der Waals surface area contributed by atoms with Gasteiger partial charge in [-0.2, -0.15) is 0 Å². The summed E-state index contributed by atoms with van der Waals surface area (Å²) in [5.41, 5.74) is 1.39. The Morgan fingerprint density at radius 3 is 2.43 bits per heavy atom. The Morgan fingerprint density at radius 2 is 1.76 bits per heavy atom. The van der Waals surface area contributed by atoms with Crippen molar-refractivity contribution in [1.29, 1.82) is 0 Å². The summed E-state index contributed by atoms with van der Waals surface area (Å²) in [7, 11) is 0. The van der Waals surface area contributed by atoms with Crippen molar-refractivity contribution in [2.24, 2.45) is 0 Å². The van der Waals surface area contributed by atoms with Gasteiger partial charge in [0.15, 0.2) is 5.69 Å². The molecule has 2 aromatic heterocycles. The number of aromatic nitrogens is 3. The highest BCUT2D eigenvalue weighted by Gasteiger charge is 2.14. The number of pyridine rings is 1. The predicted molar refractivity (Wildman–Crippen MR) is 139 cm³/mol. The van der Waals surface area contributed by atoms with Gasteiger partial charge in [-0.1, -0.05) is 30.7 Å². The summed E-state index contributed by atoms with van der Waals surface area (Å²) < 4.78 is 7.21. The van der Waals surface area contributed by atoms with Gasteiger partial charge in [0.05, 0.1) is 6.54 Å². The molecular weight excluding hydrogens is 496 g/mol. The number of carboxylic acid groups (broad SMARTS) is 1. The Morgan fingerprint density at radius 1 is 1.03 bits per heavy atom. The van der Waals surface area contributed by atoms with Gasteiger partial charge in [-0.15, -0.1) is 0 Å². The summed E-state index contributed by atoms with van der Waals surface area (Å²) in [4.78, 5) is 44.6. The number of carboxylic acids is 1. The van der Waals surface area contributed by atoms with E-state index in [2.05, 4.69) is 15.3 Å². The van der Waals surface area contributed by atoms with Crippen LogP contribution in [0.2, 0.25) is 5.02 Å². The van der Waals surface area contributed by atoms with E-state index in [1.165, 1.54) is 23.0 Å². The van der Waals surface area contributed by atoms with Crippen molar-refractivity contribution in [3.8, 4) is 11.5 Å². The van der Waals surface area contributed by atoms with E-state index >= 15 is 0 Å². The van der Waals surface area contributed by atoms with Crippen LogP contribution >= 0.6 is 11.6 Å². The minimum absolute atomic E-state index is 0.0217. The summed E-state index contributed by atoms with van der Waals surface area (Å²) in [6.07, 6.45) is 3.14. The van der Waals surface area contributed by atoms with Crippen LogP contribution < -0.4 is 15.6 Å². The number of nitrogens with zero attached hydrogens (tertiary/aromatic N) is 3. The van der Waals surface area contributed by atoms with Gasteiger partial charge in [0.2, 0.25) is 5.95 Å². The highest BCUT2D eigenvalue weighted by Crippen LogP contribution is 2.24. The van der Waals surface area contributed by atoms with Crippen LogP contribution in [0.5, 0.6) is 11.5 Å². The average molecular weight is 519 g/mol. The molecule has 0 saturated heterocycles. The van der Waals surface area contributed by atoms with Gasteiger partial charge in [0.1, 0.15) is 17.3 Å². The first-order valence-corrected chi connectivity index (χ1v) is 11.8. The maximum Gasteiger partial charge on any atom is 0.354 e. The van der Waals surface area contributed by atoms with Crippen LogP contribution in [0.3, 0.4) is 0 Å². The molecule has 0 saturated carbocycles. The molecular formula is C27H23ClN4O5. The van der Waals surface area contributed by atoms with Gasteiger partial charge in [-0.05, 0) is 48.0 Å². The quantitative estimate of drug-likeness (QED) is 0.297. The third-order valence-corrected chi connectivity index (χ3v) is 5.70. The van der Waals surface area contributed by atoms with Crippen molar-refractivity contribution in [3.63, 3.8) is 0 Å². The molecule has 0 spiro atoms. The number of carbonyl (C=O) groups is 2. The number of benzene rings is 2. The Balaban J connectivity index is 1.58. The number of hydrogen-bond acceptors (Lipinski definition) is 7. The first kappa shape index (κ1) is 25.6. The fourth-order valence-electron chi connectivity index (χ4n) is 3.47. The van der Waals surface area contributed by atoms with Gasteiger partial charge in [-0.3, -0.25) is 14.2 Å². The van der Waals surface area contributed by atoms with Crippen LogP contribution in [-0.2, 0) is 17.8 Å². The summed E-state index contributed by atoms with van der Waals surface area (Å²) in [5.74, 6) is -0.0662. The number of rotatable bonds is 10. The SMILES string of the molecule is CCC(=O)Cc1cnc(Nc2ccc(Oc3ccnc(C(=O)O)c3)cc2)n(Cc2ccc(Cl)cc2)c1=O. The van der Waals surface area contributed by atoms with Crippen LogP contribution in [0, 0.1) is 0 Å². The smallest absolute Gasteiger partial charge is 0.354 e. The van der Waals surface area contributed by atoms with Crippen LogP contribution in [0.1, 0.15) is 35.0 Å². The number of anilines is 2. The first-order chi connectivity index (χ1) is 17.8. The van der Waals surface area contributed by atoms with Crippen LogP contribution in [0.15, 0.2) is 77.9 Å². The molecule has 2 N–H and O–H groups in total. The van der Waals surface area contributed by atoms with Crippen LogP contribution in [0.25, 0.3) is 0 Å². The maximum atomic E-state index is 13.3. The fourth-order valence-corrected chi connectivity index (χ4v) is 3.60. The third-order valence-electron chi connectivity index (χ3n) is 5.45. The van der Waals surface area contributed by atoms with E-state index in [4.69, 9.17) is 21.4 Å². The molecule has 10 heteroatoms. The lowest BCUT2D eigenvalue weighted by atomic mass is 10.1. The largest absolute Gasteiger partial charge is 0.477 e. The average Bonchev–Trinajstić information content (AvgIpc) is 2.90. The second-order valence-corrected chi connectivity index (χ2v) is 8.56. The number of Topliss-reactive ketones (excluding diaryl/α,β-unsaturated/α-hetero) is 1.